The van der Waals surface area contributed by atoms with Gasteiger partial charge < -0.3 is 9.64 Å². The standard InChI is InChI=1S/C16H18N4O/c1-11(20(2)3)19-16-13-8-9-21-14-7-5-4-6-12(14)15(13)17-10-18-16/h4-7,10H,8-9H2,1-3H3. The summed E-state index contributed by atoms with van der Waals surface area (Å²) in [6.07, 6.45) is 2.33. The van der Waals surface area contributed by atoms with Crippen LogP contribution in [0.15, 0.2) is 35.6 Å². The van der Waals surface area contributed by atoms with Crippen molar-refractivity contribution in [3.63, 3.8) is 0 Å². The van der Waals surface area contributed by atoms with Gasteiger partial charge in [-0.3, -0.25) is 0 Å². The van der Waals surface area contributed by atoms with Gasteiger partial charge in [0.2, 0.25) is 0 Å². The van der Waals surface area contributed by atoms with Gasteiger partial charge in [-0.1, -0.05) is 12.1 Å². The Bertz CT molecular complexity index is 694. The SMILES string of the molecule is CC(=Nc1ncnc2c1CCOc1ccccc1-2)N(C)C. The Labute approximate surface area is 124 Å². The molecule has 0 unspecified atom stereocenters. The Morgan fingerprint density at radius 3 is 2.86 bits per heavy atom. The molecule has 108 valence electrons. The summed E-state index contributed by atoms with van der Waals surface area (Å²) in [5.41, 5.74) is 2.97. The number of fused-ring (bicyclic) bond motifs is 3. The van der Waals surface area contributed by atoms with Crippen LogP contribution in [-0.4, -0.2) is 41.4 Å². The monoisotopic (exact) mass is 282 g/mol. The second kappa shape index (κ2) is 5.52. The van der Waals surface area contributed by atoms with Crippen LogP contribution < -0.4 is 4.74 Å². The number of benzene rings is 1. The molecule has 5 nitrogen and oxygen atoms in total. The number of aliphatic imine (C=N–C) groups is 1. The van der Waals surface area contributed by atoms with Crippen LogP contribution in [0.4, 0.5) is 5.82 Å². The van der Waals surface area contributed by atoms with Gasteiger partial charge in [-0.2, -0.15) is 0 Å². The van der Waals surface area contributed by atoms with Gasteiger partial charge in [0.15, 0.2) is 5.82 Å². The molecule has 1 aromatic heterocycles. The van der Waals surface area contributed by atoms with E-state index in [9.17, 15) is 0 Å². The van der Waals surface area contributed by atoms with Crippen molar-refractivity contribution in [2.45, 2.75) is 13.3 Å². The first kappa shape index (κ1) is 13.5. The van der Waals surface area contributed by atoms with Gasteiger partial charge in [-0.05, 0) is 19.1 Å². The summed E-state index contributed by atoms with van der Waals surface area (Å²) in [5, 5.41) is 0. The van der Waals surface area contributed by atoms with Gasteiger partial charge in [-0.25, -0.2) is 15.0 Å². The van der Waals surface area contributed by atoms with E-state index in [0.29, 0.717) is 6.61 Å². The second-order valence-electron chi connectivity index (χ2n) is 5.17. The molecule has 1 aliphatic heterocycles. The summed E-state index contributed by atoms with van der Waals surface area (Å²) < 4.78 is 5.81. The third-order valence-electron chi connectivity index (χ3n) is 3.59. The van der Waals surface area contributed by atoms with Crippen molar-refractivity contribution in [2.75, 3.05) is 20.7 Å². The zero-order valence-corrected chi connectivity index (χ0v) is 12.5. The van der Waals surface area contributed by atoms with Gasteiger partial charge in [0.25, 0.3) is 0 Å². The number of amidine groups is 1. The third-order valence-corrected chi connectivity index (χ3v) is 3.59. The minimum absolute atomic E-state index is 0.612. The van der Waals surface area contributed by atoms with E-state index in [1.54, 1.807) is 6.33 Å². The first-order valence-corrected chi connectivity index (χ1v) is 6.95. The lowest BCUT2D eigenvalue weighted by Crippen LogP contribution is -2.18. The van der Waals surface area contributed by atoms with Gasteiger partial charge in [0, 0.05) is 31.6 Å². The molecule has 2 aromatic rings. The third kappa shape index (κ3) is 2.59. The molecule has 0 saturated carbocycles. The molecule has 0 amide bonds. The van der Waals surface area contributed by atoms with Crippen LogP contribution in [-0.2, 0) is 6.42 Å². The quantitative estimate of drug-likeness (QED) is 0.596. The highest BCUT2D eigenvalue weighted by molar-refractivity contribution is 5.83. The number of aromatic nitrogens is 2. The van der Waals surface area contributed by atoms with Crippen molar-refractivity contribution in [3.8, 4) is 17.0 Å². The fraction of sp³-hybridized carbons (Fsp3) is 0.312. The maximum Gasteiger partial charge on any atom is 0.161 e. The molecule has 0 radical (unpaired) electrons. The van der Waals surface area contributed by atoms with E-state index in [1.165, 1.54) is 0 Å². The van der Waals surface area contributed by atoms with E-state index in [-0.39, 0.29) is 0 Å². The Balaban J connectivity index is 2.16. The van der Waals surface area contributed by atoms with E-state index in [4.69, 9.17) is 4.74 Å². The predicted octanol–water partition coefficient (Wildman–Crippen LogP) is 2.69. The fourth-order valence-corrected chi connectivity index (χ4v) is 2.27. The van der Waals surface area contributed by atoms with Crippen LogP contribution in [0.3, 0.4) is 0 Å². The van der Waals surface area contributed by atoms with E-state index in [2.05, 4.69) is 15.0 Å². The maximum atomic E-state index is 5.81. The van der Waals surface area contributed by atoms with Crippen LogP contribution in [0.1, 0.15) is 12.5 Å². The molecule has 0 spiro atoms. The number of hydrogen-bond acceptors (Lipinski definition) is 4. The van der Waals surface area contributed by atoms with E-state index >= 15 is 0 Å². The second-order valence-corrected chi connectivity index (χ2v) is 5.17. The number of nitrogens with zero attached hydrogens (tertiary/aromatic N) is 4. The molecule has 5 heteroatoms. The number of para-hydroxylation sites is 1. The zero-order valence-electron chi connectivity index (χ0n) is 12.5. The van der Waals surface area contributed by atoms with Gasteiger partial charge in [-0.15, -0.1) is 0 Å². The van der Waals surface area contributed by atoms with Crippen molar-refractivity contribution in [1.29, 1.82) is 0 Å². The molecule has 0 fully saturated rings. The highest BCUT2D eigenvalue weighted by Crippen LogP contribution is 2.36. The van der Waals surface area contributed by atoms with Crippen molar-refractivity contribution < 1.29 is 4.74 Å². The Morgan fingerprint density at radius 2 is 2.05 bits per heavy atom. The molecule has 0 aliphatic carbocycles. The first-order chi connectivity index (χ1) is 10.2. The van der Waals surface area contributed by atoms with Crippen molar-refractivity contribution in [3.05, 3.63) is 36.2 Å². The normalized spacial score (nSPS) is 13.8. The Kier molecular flexibility index (Phi) is 3.56. The van der Waals surface area contributed by atoms with Crippen LogP contribution in [0, 0.1) is 0 Å². The van der Waals surface area contributed by atoms with Crippen molar-refractivity contribution >= 4 is 11.7 Å². The van der Waals surface area contributed by atoms with E-state index in [0.717, 1.165) is 40.6 Å². The largest absolute Gasteiger partial charge is 0.493 e. The number of hydrogen-bond donors (Lipinski definition) is 0. The number of ether oxygens (including phenoxy) is 1. The molecule has 21 heavy (non-hydrogen) atoms. The molecule has 0 saturated heterocycles. The summed E-state index contributed by atoms with van der Waals surface area (Å²) in [6.45, 7) is 2.58. The maximum absolute atomic E-state index is 5.81. The lowest BCUT2D eigenvalue weighted by Gasteiger charge is -2.12. The molecular weight excluding hydrogens is 264 g/mol. The van der Waals surface area contributed by atoms with Crippen LogP contribution in [0.5, 0.6) is 5.75 Å². The molecule has 1 aliphatic rings. The molecule has 1 aromatic carbocycles. The minimum atomic E-state index is 0.612. The van der Waals surface area contributed by atoms with E-state index < -0.39 is 0 Å². The fourth-order valence-electron chi connectivity index (χ4n) is 2.27. The Morgan fingerprint density at radius 1 is 1.24 bits per heavy atom. The van der Waals surface area contributed by atoms with Crippen LogP contribution in [0.25, 0.3) is 11.3 Å². The lowest BCUT2D eigenvalue weighted by atomic mass is 10.0. The summed E-state index contributed by atoms with van der Waals surface area (Å²) >= 11 is 0. The van der Waals surface area contributed by atoms with Gasteiger partial charge >= 0.3 is 0 Å². The minimum Gasteiger partial charge on any atom is -0.493 e. The van der Waals surface area contributed by atoms with E-state index in [1.807, 2.05) is 50.2 Å². The molecule has 0 N–H and O–H groups in total. The highest BCUT2D eigenvalue weighted by Gasteiger charge is 2.19. The summed E-state index contributed by atoms with van der Waals surface area (Å²) in [4.78, 5) is 15.4. The highest BCUT2D eigenvalue weighted by atomic mass is 16.5. The average molecular weight is 282 g/mol. The van der Waals surface area contributed by atoms with Crippen LogP contribution >= 0.6 is 0 Å². The number of rotatable bonds is 1. The molecule has 3 rings (SSSR count). The summed E-state index contributed by atoms with van der Waals surface area (Å²) in [7, 11) is 3.94. The topological polar surface area (TPSA) is 50.6 Å². The summed E-state index contributed by atoms with van der Waals surface area (Å²) in [6, 6.07) is 7.97. The molecule has 2 heterocycles. The first-order valence-electron chi connectivity index (χ1n) is 6.95. The van der Waals surface area contributed by atoms with Crippen molar-refractivity contribution in [2.24, 2.45) is 4.99 Å². The predicted molar refractivity (Wildman–Crippen MR) is 83.1 cm³/mol. The smallest absolute Gasteiger partial charge is 0.161 e. The van der Waals surface area contributed by atoms with Crippen LogP contribution in [0.2, 0.25) is 0 Å². The molecule has 0 atom stereocenters. The molecular formula is C16H18N4O. The summed E-state index contributed by atoms with van der Waals surface area (Å²) in [5.74, 6) is 2.51. The molecule has 0 bridgehead atoms. The van der Waals surface area contributed by atoms with Gasteiger partial charge in [0.1, 0.15) is 17.9 Å². The zero-order chi connectivity index (χ0) is 14.8. The van der Waals surface area contributed by atoms with Crippen molar-refractivity contribution in [1.82, 2.24) is 14.9 Å². The van der Waals surface area contributed by atoms with Gasteiger partial charge in [0.05, 0.1) is 12.3 Å². The lowest BCUT2D eigenvalue weighted by molar-refractivity contribution is 0.326. The Hall–Kier alpha value is -2.43. The average Bonchev–Trinajstić information content (AvgIpc) is 2.67.